The van der Waals surface area contributed by atoms with E-state index in [-0.39, 0.29) is 18.2 Å². The summed E-state index contributed by atoms with van der Waals surface area (Å²) >= 11 is 0. The number of pyridine rings is 1. The zero-order valence-electron chi connectivity index (χ0n) is 15.9. The lowest BCUT2D eigenvalue weighted by Gasteiger charge is -2.28. The van der Waals surface area contributed by atoms with Crippen molar-refractivity contribution in [2.24, 2.45) is 0 Å². The van der Waals surface area contributed by atoms with Gasteiger partial charge in [0.2, 0.25) is 0 Å². The second-order valence-electron chi connectivity index (χ2n) is 7.20. The van der Waals surface area contributed by atoms with Crippen LogP contribution >= 0.6 is 0 Å². The van der Waals surface area contributed by atoms with E-state index in [0.717, 1.165) is 17.7 Å². The SMILES string of the molecule is CC(C)Oc1cncc(/C=C/C[C@H](C)N(C)C(=O)OC(C)(C)C)c1. The number of rotatable bonds is 6. The van der Waals surface area contributed by atoms with Gasteiger partial charge in [0.05, 0.1) is 12.3 Å². The maximum absolute atomic E-state index is 12.0. The van der Waals surface area contributed by atoms with Gasteiger partial charge in [-0.3, -0.25) is 4.98 Å². The number of ether oxygens (including phenoxy) is 2. The number of carbonyl (C=O) groups excluding carboxylic acids is 1. The average Bonchev–Trinajstić information content (AvgIpc) is 2.44. The van der Waals surface area contributed by atoms with Gasteiger partial charge in [-0.25, -0.2) is 4.79 Å². The number of aromatic nitrogens is 1. The molecule has 134 valence electrons. The Morgan fingerprint density at radius 3 is 2.54 bits per heavy atom. The number of carbonyl (C=O) groups is 1. The van der Waals surface area contributed by atoms with Crippen molar-refractivity contribution in [2.75, 3.05) is 7.05 Å². The molecule has 0 radical (unpaired) electrons. The summed E-state index contributed by atoms with van der Waals surface area (Å²) in [7, 11) is 1.76. The Kier molecular flexibility index (Phi) is 7.26. The van der Waals surface area contributed by atoms with Gasteiger partial charge in [-0.1, -0.05) is 12.2 Å². The summed E-state index contributed by atoms with van der Waals surface area (Å²) in [5, 5.41) is 0. The van der Waals surface area contributed by atoms with E-state index >= 15 is 0 Å². The summed E-state index contributed by atoms with van der Waals surface area (Å²) in [5.41, 5.74) is 0.490. The normalized spacial score (nSPS) is 13.2. The van der Waals surface area contributed by atoms with Crippen molar-refractivity contribution < 1.29 is 14.3 Å². The summed E-state index contributed by atoms with van der Waals surface area (Å²) in [6, 6.07) is 1.99. The molecular formula is C19H30N2O3. The molecule has 0 bridgehead atoms. The molecule has 0 saturated heterocycles. The van der Waals surface area contributed by atoms with Crippen LogP contribution in [0, 0.1) is 0 Å². The summed E-state index contributed by atoms with van der Waals surface area (Å²) in [4.78, 5) is 17.8. The minimum Gasteiger partial charge on any atom is -0.489 e. The van der Waals surface area contributed by atoms with E-state index in [1.165, 1.54) is 0 Å². The predicted molar refractivity (Wildman–Crippen MR) is 97.1 cm³/mol. The highest BCUT2D eigenvalue weighted by Crippen LogP contribution is 2.15. The molecular weight excluding hydrogens is 304 g/mol. The molecule has 1 rings (SSSR count). The fourth-order valence-corrected chi connectivity index (χ4v) is 1.94. The molecule has 0 aliphatic rings. The Morgan fingerprint density at radius 1 is 1.29 bits per heavy atom. The highest BCUT2D eigenvalue weighted by Gasteiger charge is 2.22. The molecule has 5 heteroatoms. The molecule has 24 heavy (non-hydrogen) atoms. The van der Waals surface area contributed by atoms with Crippen molar-refractivity contribution in [2.45, 2.75) is 65.7 Å². The first-order valence-electron chi connectivity index (χ1n) is 8.32. The van der Waals surface area contributed by atoms with Gasteiger partial charge in [0, 0.05) is 19.3 Å². The van der Waals surface area contributed by atoms with Gasteiger partial charge in [0.15, 0.2) is 0 Å². The van der Waals surface area contributed by atoms with Gasteiger partial charge in [-0.2, -0.15) is 0 Å². The van der Waals surface area contributed by atoms with Gasteiger partial charge >= 0.3 is 6.09 Å². The van der Waals surface area contributed by atoms with Gasteiger partial charge in [-0.05, 0) is 59.6 Å². The van der Waals surface area contributed by atoms with Crippen LogP contribution in [0.4, 0.5) is 4.79 Å². The Labute approximate surface area is 145 Å². The fourth-order valence-electron chi connectivity index (χ4n) is 1.94. The van der Waals surface area contributed by atoms with E-state index in [9.17, 15) is 4.79 Å². The lowest BCUT2D eigenvalue weighted by Crippen LogP contribution is -2.39. The van der Waals surface area contributed by atoms with E-state index in [2.05, 4.69) is 4.98 Å². The van der Waals surface area contributed by atoms with Crippen LogP contribution in [0.15, 0.2) is 24.5 Å². The molecule has 0 aliphatic carbocycles. The monoisotopic (exact) mass is 334 g/mol. The molecule has 0 aromatic carbocycles. The van der Waals surface area contributed by atoms with Crippen molar-refractivity contribution in [3.05, 3.63) is 30.1 Å². The molecule has 1 aromatic rings. The quantitative estimate of drug-likeness (QED) is 0.767. The van der Waals surface area contributed by atoms with Gasteiger partial charge in [0.25, 0.3) is 0 Å². The first-order chi connectivity index (χ1) is 11.1. The predicted octanol–water partition coefficient (Wildman–Crippen LogP) is 4.53. The zero-order valence-corrected chi connectivity index (χ0v) is 15.9. The molecule has 5 nitrogen and oxygen atoms in total. The van der Waals surface area contributed by atoms with Crippen LogP contribution in [0.1, 0.15) is 53.5 Å². The van der Waals surface area contributed by atoms with Crippen LogP contribution < -0.4 is 4.74 Å². The van der Waals surface area contributed by atoms with E-state index in [1.807, 2.05) is 59.8 Å². The highest BCUT2D eigenvalue weighted by atomic mass is 16.6. The average molecular weight is 334 g/mol. The zero-order chi connectivity index (χ0) is 18.3. The van der Waals surface area contributed by atoms with E-state index < -0.39 is 5.60 Å². The van der Waals surface area contributed by atoms with Crippen LogP contribution in [0.25, 0.3) is 6.08 Å². The van der Waals surface area contributed by atoms with Gasteiger partial charge in [0.1, 0.15) is 11.4 Å². The molecule has 0 aliphatic heterocycles. The number of hydrogen-bond acceptors (Lipinski definition) is 4. The molecule has 1 amide bonds. The van der Waals surface area contributed by atoms with Gasteiger partial charge in [-0.15, -0.1) is 0 Å². The number of amides is 1. The third-order valence-corrected chi connectivity index (χ3v) is 3.24. The molecule has 0 fully saturated rings. The van der Waals surface area contributed by atoms with Gasteiger partial charge < -0.3 is 14.4 Å². The largest absolute Gasteiger partial charge is 0.489 e. The lowest BCUT2D eigenvalue weighted by atomic mass is 10.1. The smallest absolute Gasteiger partial charge is 0.410 e. The maximum atomic E-state index is 12.0. The van der Waals surface area contributed by atoms with E-state index in [4.69, 9.17) is 9.47 Å². The lowest BCUT2D eigenvalue weighted by molar-refractivity contribution is 0.0238. The van der Waals surface area contributed by atoms with Crippen molar-refractivity contribution in [3.63, 3.8) is 0 Å². The van der Waals surface area contributed by atoms with Crippen molar-refractivity contribution >= 4 is 12.2 Å². The molecule has 0 N–H and O–H groups in total. The molecule has 0 unspecified atom stereocenters. The second kappa shape index (κ2) is 8.71. The summed E-state index contributed by atoms with van der Waals surface area (Å²) in [6.45, 7) is 11.5. The van der Waals surface area contributed by atoms with Crippen LogP contribution in [-0.4, -0.2) is 40.8 Å². The molecule has 1 aromatic heterocycles. The Balaban J connectivity index is 2.58. The molecule has 1 heterocycles. The second-order valence-corrected chi connectivity index (χ2v) is 7.20. The fraction of sp³-hybridized carbons (Fsp3) is 0.579. The number of nitrogens with zero attached hydrogens (tertiary/aromatic N) is 2. The molecule has 0 saturated carbocycles. The maximum Gasteiger partial charge on any atom is 0.410 e. The van der Waals surface area contributed by atoms with Crippen molar-refractivity contribution in [1.82, 2.24) is 9.88 Å². The van der Waals surface area contributed by atoms with Crippen LogP contribution in [0.5, 0.6) is 5.75 Å². The Morgan fingerprint density at radius 2 is 1.96 bits per heavy atom. The van der Waals surface area contributed by atoms with Crippen molar-refractivity contribution in [3.8, 4) is 5.75 Å². The third-order valence-electron chi connectivity index (χ3n) is 3.24. The Hall–Kier alpha value is -2.04. The molecule has 1 atom stereocenters. The third kappa shape index (κ3) is 7.49. The van der Waals surface area contributed by atoms with Crippen LogP contribution in [0.3, 0.4) is 0 Å². The summed E-state index contributed by atoms with van der Waals surface area (Å²) < 4.78 is 11.0. The topological polar surface area (TPSA) is 51.7 Å². The highest BCUT2D eigenvalue weighted by molar-refractivity contribution is 5.68. The standard InChI is InChI=1S/C19H30N2O3/c1-14(2)23-17-11-16(12-20-13-17)10-8-9-15(3)21(7)18(22)24-19(4,5)6/h8,10-15H,9H2,1-7H3/b10-8+/t15-/m0/s1. The first kappa shape index (κ1) is 20.0. The minimum absolute atomic E-state index is 0.0409. The minimum atomic E-state index is -0.483. The summed E-state index contributed by atoms with van der Waals surface area (Å²) in [6.07, 6.45) is 8.04. The molecule has 0 spiro atoms. The van der Waals surface area contributed by atoms with E-state index in [1.54, 1.807) is 24.3 Å². The number of hydrogen-bond donors (Lipinski definition) is 0. The van der Waals surface area contributed by atoms with E-state index in [0.29, 0.717) is 0 Å². The summed E-state index contributed by atoms with van der Waals surface area (Å²) in [5.74, 6) is 0.756. The Bertz CT molecular complexity index is 562. The first-order valence-corrected chi connectivity index (χ1v) is 8.32. The van der Waals surface area contributed by atoms with Crippen LogP contribution in [-0.2, 0) is 4.74 Å². The van der Waals surface area contributed by atoms with Crippen molar-refractivity contribution in [1.29, 1.82) is 0 Å². The van der Waals surface area contributed by atoms with Crippen LogP contribution in [0.2, 0.25) is 0 Å².